The Morgan fingerprint density at radius 1 is 1.04 bits per heavy atom. The van der Waals surface area contributed by atoms with E-state index in [4.69, 9.17) is 4.74 Å². The number of para-hydroxylation sites is 1. The molecule has 0 aromatic heterocycles. The van der Waals surface area contributed by atoms with E-state index in [0.717, 1.165) is 44.6 Å². The van der Waals surface area contributed by atoms with Gasteiger partial charge in [-0.2, -0.15) is 0 Å². The minimum absolute atomic E-state index is 0.0627. The SMILES string of the molecule is Cc1cccc(CN2CCCC3(CC2)CN(c2ccccc2)C(=O)CO3)c1. The van der Waals surface area contributed by atoms with Crippen LogP contribution in [0.5, 0.6) is 0 Å². The number of ether oxygens (including phenoxy) is 1. The van der Waals surface area contributed by atoms with Crippen molar-refractivity contribution in [3.05, 3.63) is 65.7 Å². The van der Waals surface area contributed by atoms with Crippen LogP contribution in [-0.2, 0) is 16.1 Å². The molecule has 0 N–H and O–H groups in total. The lowest BCUT2D eigenvalue weighted by molar-refractivity contribution is -0.140. The number of carbonyl (C=O) groups is 1. The molecule has 2 aliphatic rings. The van der Waals surface area contributed by atoms with Gasteiger partial charge in [0.25, 0.3) is 5.91 Å². The number of morpholine rings is 1. The smallest absolute Gasteiger partial charge is 0.253 e. The van der Waals surface area contributed by atoms with Gasteiger partial charge >= 0.3 is 0 Å². The van der Waals surface area contributed by atoms with Gasteiger partial charge in [0.2, 0.25) is 0 Å². The molecule has 2 aromatic carbocycles. The number of nitrogens with zero attached hydrogens (tertiary/aromatic N) is 2. The number of amides is 1. The van der Waals surface area contributed by atoms with Crippen LogP contribution in [0.25, 0.3) is 0 Å². The molecule has 0 aliphatic carbocycles. The Morgan fingerprint density at radius 3 is 2.70 bits per heavy atom. The number of benzene rings is 2. The highest BCUT2D eigenvalue weighted by Gasteiger charge is 2.41. The molecule has 2 fully saturated rings. The summed E-state index contributed by atoms with van der Waals surface area (Å²) in [5.74, 6) is 0.0627. The van der Waals surface area contributed by atoms with Crippen LogP contribution in [-0.4, -0.2) is 42.6 Å². The van der Waals surface area contributed by atoms with Gasteiger partial charge in [0, 0.05) is 18.8 Å². The van der Waals surface area contributed by atoms with E-state index < -0.39 is 0 Å². The number of likely N-dealkylation sites (tertiary alicyclic amines) is 1. The lowest BCUT2D eigenvalue weighted by atomic mass is 9.92. The molecular formula is C23H28N2O2. The standard InChI is InChI=1S/C23H28N2O2/c1-19-7-5-8-20(15-19)16-24-13-6-11-23(12-14-24)18-25(22(26)17-27-23)21-9-3-2-4-10-21/h2-5,7-10,15H,6,11-14,16-18H2,1H3. The lowest BCUT2D eigenvalue weighted by Crippen LogP contribution is -2.55. The molecule has 2 heterocycles. The van der Waals surface area contributed by atoms with Crippen molar-refractivity contribution in [1.82, 2.24) is 4.90 Å². The molecule has 1 unspecified atom stereocenters. The second-order valence-electron chi connectivity index (χ2n) is 7.91. The molecule has 4 heteroatoms. The molecule has 27 heavy (non-hydrogen) atoms. The summed E-state index contributed by atoms with van der Waals surface area (Å²) in [7, 11) is 0. The zero-order valence-electron chi connectivity index (χ0n) is 16.1. The molecule has 4 nitrogen and oxygen atoms in total. The molecule has 4 rings (SSSR count). The molecule has 1 atom stereocenters. The first-order valence-electron chi connectivity index (χ1n) is 9.91. The van der Waals surface area contributed by atoms with Crippen molar-refractivity contribution >= 4 is 11.6 Å². The molecule has 1 spiro atoms. The third-order valence-electron chi connectivity index (χ3n) is 5.80. The van der Waals surface area contributed by atoms with Gasteiger partial charge < -0.3 is 9.64 Å². The van der Waals surface area contributed by atoms with E-state index in [1.54, 1.807) is 0 Å². The zero-order chi connectivity index (χ0) is 18.7. The number of rotatable bonds is 3. The maximum Gasteiger partial charge on any atom is 0.253 e. The van der Waals surface area contributed by atoms with Gasteiger partial charge in [-0.05, 0) is 50.4 Å². The highest BCUT2D eigenvalue weighted by atomic mass is 16.5. The van der Waals surface area contributed by atoms with Crippen LogP contribution in [0.4, 0.5) is 5.69 Å². The number of carbonyl (C=O) groups excluding carboxylic acids is 1. The van der Waals surface area contributed by atoms with Crippen molar-refractivity contribution in [2.24, 2.45) is 0 Å². The first kappa shape index (κ1) is 18.2. The molecule has 0 radical (unpaired) electrons. The van der Waals surface area contributed by atoms with Gasteiger partial charge in [0.15, 0.2) is 0 Å². The highest BCUT2D eigenvalue weighted by Crippen LogP contribution is 2.33. The third kappa shape index (κ3) is 4.23. The Kier molecular flexibility index (Phi) is 5.28. The topological polar surface area (TPSA) is 32.8 Å². The first-order valence-corrected chi connectivity index (χ1v) is 9.91. The lowest BCUT2D eigenvalue weighted by Gasteiger charge is -2.42. The van der Waals surface area contributed by atoms with Gasteiger partial charge in [0.05, 0.1) is 12.1 Å². The predicted octanol–water partition coefficient (Wildman–Crippen LogP) is 3.78. The molecule has 0 bridgehead atoms. The van der Waals surface area contributed by atoms with Crippen LogP contribution in [0, 0.1) is 6.92 Å². The van der Waals surface area contributed by atoms with Crippen LogP contribution in [0.3, 0.4) is 0 Å². The number of hydrogen-bond donors (Lipinski definition) is 0. The fourth-order valence-electron chi connectivity index (χ4n) is 4.31. The summed E-state index contributed by atoms with van der Waals surface area (Å²) in [6.07, 6.45) is 3.08. The van der Waals surface area contributed by atoms with Gasteiger partial charge in [0.1, 0.15) is 6.61 Å². The Labute approximate surface area is 161 Å². The van der Waals surface area contributed by atoms with Crippen LogP contribution in [0.15, 0.2) is 54.6 Å². The van der Waals surface area contributed by atoms with Crippen molar-refractivity contribution in [2.75, 3.05) is 31.1 Å². The van der Waals surface area contributed by atoms with Crippen LogP contribution in [0.1, 0.15) is 30.4 Å². The van der Waals surface area contributed by atoms with Gasteiger partial charge in [-0.25, -0.2) is 0 Å². The average molecular weight is 364 g/mol. The zero-order valence-corrected chi connectivity index (χ0v) is 16.1. The van der Waals surface area contributed by atoms with Crippen molar-refractivity contribution in [3.63, 3.8) is 0 Å². The maximum absolute atomic E-state index is 12.4. The molecule has 142 valence electrons. The van der Waals surface area contributed by atoms with Gasteiger partial charge in [-0.3, -0.25) is 9.69 Å². The van der Waals surface area contributed by atoms with Crippen LogP contribution >= 0.6 is 0 Å². The molecular weight excluding hydrogens is 336 g/mol. The minimum Gasteiger partial charge on any atom is -0.363 e. The minimum atomic E-state index is -0.217. The predicted molar refractivity (Wildman–Crippen MR) is 108 cm³/mol. The van der Waals surface area contributed by atoms with Crippen LogP contribution < -0.4 is 4.90 Å². The van der Waals surface area contributed by atoms with Gasteiger partial charge in [-0.1, -0.05) is 48.0 Å². The fraction of sp³-hybridized carbons (Fsp3) is 0.435. The van der Waals surface area contributed by atoms with Crippen molar-refractivity contribution < 1.29 is 9.53 Å². The Balaban J connectivity index is 1.44. The summed E-state index contributed by atoms with van der Waals surface area (Å²) < 4.78 is 6.15. The summed E-state index contributed by atoms with van der Waals surface area (Å²) in [5, 5.41) is 0. The fourth-order valence-corrected chi connectivity index (χ4v) is 4.31. The second kappa shape index (κ2) is 7.83. The summed E-state index contributed by atoms with van der Waals surface area (Å²) in [6.45, 7) is 6.06. The molecule has 2 aromatic rings. The van der Waals surface area contributed by atoms with Crippen LogP contribution in [0.2, 0.25) is 0 Å². The monoisotopic (exact) mass is 364 g/mol. The molecule has 2 aliphatic heterocycles. The van der Waals surface area contributed by atoms with E-state index in [2.05, 4.69) is 36.1 Å². The summed E-state index contributed by atoms with van der Waals surface area (Å²) >= 11 is 0. The van der Waals surface area contributed by atoms with Crippen molar-refractivity contribution in [1.29, 1.82) is 0 Å². The summed E-state index contributed by atoms with van der Waals surface area (Å²) in [6, 6.07) is 18.7. The number of aryl methyl sites for hydroxylation is 1. The van der Waals surface area contributed by atoms with Crippen molar-refractivity contribution in [2.45, 2.75) is 38.3 Å². The summed E-state index contributed by atoms with van der Waals surface area (Å²) in [5.41, 5.74) is 3.44. The largest absolute Gasteiger partial charge is 0.363 e. The number of hydrogen-bond acceptors (Lipinski definition) is 3. The maximum atomic E-state index is 12.4. The van der Waals surface area contributed by atoms with E-state index in [0.29, 0.717) is 6.54 Å². The van der Waals surface area contributed by atoms with E-state index in [1.807, 2.05) is 35.2 Å². The molecule has 0 saturated carbocycles. The quantitative estimate of drug-likeness (QED) is 0.831. The average Bonchev–Trinajstić information content (AvgIpc) is 2.87. The molecule has 1 amide bonds. The first-order chi connectivity index (χ1) is 13.1. The second-order valence-corrected chi connectivity index (χ2v) is 7.91. The number of anilines is 1. The Morgan fingerprint density at radius 2 is 1.89 bits per heavy atom. The molecule has 2 saturated heterocycles. The normalized spacial score (nSPS) is 24.2. The van der Waals surface area contributed by atoms with E-state index in [-0.39, 0.29) is 18.1 Å². The van der Waals surface area contributed by atoms with E-state index >= 15 is 0 Å². The summed E-state index contributed by atoms with van der Waals surface area (Å²) in [4.78, 5) is 16.9. The Bertz CT molecular complexity index is 792. The van der Waals surface area contributed by atoms with E-state index in [9.17, 15) is 4.79 Å². The Hall–Kier alpha value is -2.17. The van der Waals surface area contributed by atoms with Gasteiger partial charge in [-0.15, -0.1) is 0 Å². The highest BCUT2D eigenvalue weighted by molar-refractivity contribution is 5.95. The van der Waals surface area contributed by atoms with Crippen molar-refractivity contribution in [3.8, 4) is 0 Å². The third-order valence-corrected chi connectivity index (χ3v) is 5.80. The van der Waals surface area contributed by atoms with E-state index in [1.165, 1.54) is 11.1 Å².